The van der Waals surface area contributed by atoms with Gasteiger partial charge in [-0.1, -0.05) is 54.1 Å². The molecular formula is C27H24N2O4S. The quantitative estimate of drug-likeness (QED) is 0.361. The van der Waals surface area contributed by atoms with E-state index in [1.54, 1.807) is 54.6 Å². The average molecular weight is 473 g/mol. The van der Waals surface area contributed by atoms with E-state index in [2.05, 4.69) is 5.32 Å². The topological polar surface area (TPSA) is 75.7 Å². The maximum atomic E-state index is 13.4. The molecule has 0 heterocycles. The molecule has 0 atom stereocenters. The van der Waals surface area contributed by atoms with Crippen molar-refractivity contribution in [2.24, 2.45) is 0 Å². The zero-order chi connectivity index (χ0) is 24.0. The predicted molar refractivity (Wildman–Crippen MR) is 134 cm³/mol. The molecule has 0 saturated heterocycles. The number of sulfonamides is 1. The molecule has 0 aliphatic rings. The number of benzene rings is 4. The molecule has 0 saturated carbocycles. The molecule has 0 spiro atoms. The summed E-state index contributed by atoms with van der Waals surface area (Å²) >= 11 is 0. The zero-order valence-electron chi connectivity index (χ0n) is 18.6. The van der Waals surface area contributed by atoms with Crippen LogP contribution >= 0.6 is 0 Å². The first kappa shape index (κ1) is 23.1. The van der Waals surface area contributed by atoms with E-state index in [0.717, 1.165) is 9.87 Å². The second-order valence-electron chi connectivity index (χ2n) is 7.65. The van der Waals surface area contributed by atoms with Crippen molar-refractivity contribution < 1.29 is 17.9 Å². The van der Waals surface area contributed by atoms with Crippen LogP contribution in [0, 0.1) is 6.92 Å². The van der Waals surface area contributed by atoms with Crippen molar-refractivity contribution >= 4 is 27.3 Å². The number of para-hydroxylation sites is 1. The van der Waals surface area contributed by atoms with Crippen molar-refractivity contribution in [2.75, 3.05) is 16.2 Å². The minimum Gasteiger partial charge on any atom is -0.457 e. The fourth-order valence-electron chi connectivity index (χ4n) is 3.31. The fraction of sp³-hybridized carbons (Fsp3) is 0.0741. The molecule has 0 aliphatic carbocycles. The summed E-state index contributed by atoms with van der Waals surface area (Å²) < 4.78 is 33.6. The summed E-state index contributed by atoms with van der Waals surface area (Å²) in [5, 5.41) is 2.77. The molecule has 7 heteroatoms. The average Bonchev–Trinajstić information content (AvgIpc) is 2.85. The van der Waals surface area contributed by atoms with Gasteiger partial charge in [0.2, 0.25) is 5.91 Å². The van der Waals surface area contributed by atoms with E-state index in [1.165, 1.54) is 12.1 Å². The summed E-state index contributed by atoms with van der Waals surface area (Å²) in [4.78, 5) is 13.0. The Balaban J connectivity index is 1.51. The van der Waals surface area contributed by atoms with Crippen LogP contribution in [0.15, 0.2) is 114 Å². The van der Waals surface area contributed by atoms with Gasteiger partial charge in [-0.3, -0.25) is 9.10 Å². The van der Waals surface area contributed by atoms with E-state index in [-0.39, 0.29) is 11.4 Å². The van der Waals surface area contributed by atoms with Gasteiger partial charge in [0, 0.05) is 5.69 Å². The van der Waals surface area contributed by atoms with Crippen molar-refractivity contribution in [3.05, 3.63) is 115 Å². The third-order valence-electron chi connectivity index (χ3n) is 5.06. The predicted octanol–water partition coefficient (Wildman–Crippen LogP) is 5.62. The van der Waals surface area contributed by atoms with Crippen LogP contribution in [-0.4, -0.2) is 20.9 Å². The molecule has 4 rings (SSSR count). The Morgan fingerprint density at radius 3 is 1.94 bits per heavy atom. The summed E-state index contributed by atoms with van der Waals surface area (Å²) in [5.74, 6) is 0.869. The molecular weight excluding hydrogens is 448 g/mol. The summed E-state index contributed by atoms with van der Waals surface area (Å²) in [6.45, 7) is 1.54. The third kappa shape index (κ3) is 5.63. The van der Waals surface area contributed by atoms with Gasteiger partial charge >= 0.3 is 0 Å². The van der Waals surface area contributed by atoms with E-state index in [9.17, 15) is 13.2 Å². The molecule has 0 unspecified atom stereocenters. The molecule has 0 fully saturated rings. The molecule has 0 aromatic heterocycles. The molecule has 4 aromatic carbocycles. The van der Waals surface area contributed by atoms with E-state index in [4.69, 9.17) is 4.74 Å². The maximum Gasteiger partial charge on any atom is 0.264 e. The highest BCUT2D eigenvalue weighted by molar-refractivity contribution is 7.92. The first-order valence-electron chi connectivity index (χ1n) is 10.7. The Bertz CT molecular complexity index is 1340. The van der Waals surface area contributed by atoms with Crippen LogP contribution in [0.1, 0.15) is 5.56 Å². The maximum absolute atomic E-state index is 13.4. The van der Waals surface area contributed by atoms with Gasteiger partial charge < -0.3 is 10.1 Å². The van der Waals surface area contributed by atoms with E-state index in [0.29, 0.717) is 22.9 Å². The molecule has 1 N–H and O–H groups in total. The van der Waals surface area contributed by atoms with Crippen LogP contribution in [0.5, 0.6) is 11.5 Å². The minimum absolute atomic E-state index is 0.116. The van der Waals surface area contributed by atoms with Crippen molar-refractivity contribution in [1.29, 1.82) is 0 Å². The van der Waals surface area contributed by atoms with Crippen LogP contribution in [0.4, 0.5) is 11.4 Å². The van der Waals surface area contributed by atoms with Gasteiger partial charge in [-0.05, 0) is 67.6 Å². The molecule has 0 aliphatic heterocycles. The van der Waals surface area contributed by atoms with Crippen molar-refractivity contribution in [2.45, 2.75) is 11.8 Å². The number of anilines is 2. The highest BCUT2D eigenvalue weighted by Gasteiger charge is 2.27. The Kier molecular flexibility index (Phi) is 6.94. The Hall–Kier alpha value is -4.10. The largest absolute Gasteiger partial charge is 0.457 e. The number of carbonyl (C=O) groups is 1. The second kappa shape index (κ2) is 10.2. The third-order valence-corrected chi connectivity index (χ3v) is 6.85. The molecule has 34 heavy (non-hydrogen) atoms. The normalized spacial score (nSPS) is 11.0. The molecule has 0 bridgehead atoms. The van der Waals surface area contributed by atoms with E-state index in [1.807, 2.05) is 49.4 Å². The van der Waals surface area contributed by atoms with Crippen LogP contribution in [-0.2, 0) is 14.8 Å². The lowest BCUT2D eigenvalue weighted by Crippen LogP contribution is -2.38. The minimum atomic E-state index is -3.94. The molecule has 1 amide bonds. The smallest absolute Gasteiger partial charge is 0.264 e. The number of nitrogens with one attached hydrogen (secondary N) is 1. The lowest BCUT2D eigenvalue weighted by Gasteiger charge is -2.24. The van der Waals surface area contributed by atoms with Gasteiger partial charge in [-0.25, -0.2) is 8.42 Å². The number of carbonyl (C=O) groups excluding carboxylic acids is 1. The molecule has 6 nitrogen and oxygen atoms in total. The molecule has 172 valence electrons. The molecule has 0 radical (unpaired) electrons. The summed E-state index contributed by atoms with van der Waals surface area (Å²) in [7, 11) is -3.94. The number of ether oxygens (including phenoxy) is 1. The Morgan fingerprint density at radius 2 is 1.32 bits per heavy atom. The number of aryl methyl sites for hydroxylation is 1. The lowest BCUT2D eigenvalue weighted by atomic mass is 10.2. The van der Waals surface area contributed by atoms with Crippen LogP contribution in [0.25, 0.3) is 0 Å². The first-order valence-corrected chi connectivity index (χ1v) is 12.1. The number of hydrogen-bond acceptors (Lipinski definition) is 4. The van der Waals surface area contributed by atoms with Gasteiger partial charge in [-0.15, -0.1) is 0 Å². The summed E-state index contributed by atoms with van der Waals surface area (Å²) in [6.07, 6.45) is 0. The number of amides is 1. The standard InChI is InChI=1S/C27H24N2O4S/c1-21-12-16-23(17-13-21)29(34(31,32)26-10-6-3-7-11-26)20-27(30)28-22-14-18-25(19-15-22)33-24-8-4-2-5-9-24/h2-19H,20H2,1H3,(H,28,30). The van der Waals surface area contributed by atoms with Crippen molar-refractivity contribution in [1.82, 2.24) is 0 Å². The van der Waals surface area contributed by atoms with Crippen LogP contribution in [0.2, 0.25) is 0 Å². The van der Waals surface area contributed by atoms with Crippen molar-refractivity contribution in [3.63, 3.8) is 0 Å². The highest BCUT2D eigenvalue weighted by atomic mass is 32.2. The van der Waals surface area contributed by atoms with Crippen LogP contribution < -0.4 is 14.4 Å². The number of hydrogen-bond donors (Lipinski definition) is 1. The number of nitrogens with zero attached hydrogens (tertiary/aromatic N) is 1. The first-order chi connectivity index (χ1) is 16.4. The SMILES string of the molecule is Cc1ccc(N(CC(=O)Nc2ccc(Oc3ccccc3)cc2)S(=O)(=O)c2ccccc2)cc1. The van der Waals surface area contributed by atoms with Gasteiger partial charge in [0.05, 0.1) is 10.6 Å². The van der Waals surface area contributed by atoms with E-state index >= 15 is 0 Å². The summed E-state index contributed by atoms with van der Waals surface area (Å²) in [6, 6.07) is 31.3. The monoisotopic (exact) mass is 472 g/mol. The van der Waals surface area contributed by atoms with Gasteiger partial charge in [0.15, 0.2) is 0 Å². The van der Waals surface area contributed by atoms with Gasteiger partial charge in [0.25, 0.3) is 10.0 Å². The number of rotatable bonds is 8. The van der Waals surface area contributed by atoms with E-state index < -0.39 is 15.9 Å². The Morgan fingerprint density at radius 1 is 0.765 bits per heavy atom. The zero-order valence-corrected chi connectivity index (χ0v) is 19.4. The second-order valence-corrected chi connectivity index (χ2v) is 9.51. The Labute approximate surface area is 199 Å². The van der Waals surface area contributed by atoms with Gasteiger partial charge in [-0.2, -0.15) is 0 Å². The highest BCUT2D eigenvalue weighted by Crippen LogP contribution is 2.25. The van der Waals surface area contributed by atoms with Crippen molar-refractivity contribution in [3.8, 4) is 11.5 Å². The van der Waals surface area contributed by atoms with Gasteiger partial charge in [0.1, 0.15) is 18.0 Å². The molecule has 4 aromatic rings. The fourth-order valence-corrected chi connectivity index (χ4v) is 4.75. The van der Waals surface area contributed by atoms with Crippen LogP contribution in [0.3, 0.4) is 0 Å². The lowest BCUT2D eigenvalue weighted by molar-refractivity contribution is -0.114. The summed E-state index contributed by atoms with van der Waals surface area (Å²) in [5.41, 5.74) is 1.94.